The van der Waals surface area contributed by atoms with Crippen LogP contribution < -0.4 is 5.32 Å². The van der Waals surface area contributed by atoms with Crippen LogP contribution in [0.3, 0.4) is 0 Å². The third kappa shape index (κ3) is 9.48. The van der Waals surface area contributed by atoms with Gasteiger partial charge in [-0.1, -0.05) is 40.5 Å². The van der Waals surface area contributed by atoms with E-state index in [9.17, 15) is 9.59 Å². The summed E-state index contributed by atoms with van der Waals surface area (Å²) in [6, 6.07) is 0. The average molecular weight is 299 g/mol. The molecular weight excluding hydrogens is 266 g/mol. The van der Waals surface area contributed by atoms with Crippen molar-refractivity contribution in [1.82, 2.24) is 5.32 Å². The fraction of sp³-hybridized carbons (Fsp3) is 0.882. The van der Waals surface area contributed by atoms with Gasteiger partial charge in [0.25, 0.3) is 0 Å². The molecule has 0 saturated carbocycles. The summed E-state index contributed by atoms with van der Waals surface area (Å²) >= 11 is 0. The Morgan fingerprint density at radius 1 is 1.10 bits per heavy atom. The van der Waals surface area contributed by atoms with E-state index >= 15 is 0 Å². The van der Waals surface area contributed by atoms with Gasteiger partial charge in [0.2, 0.25) is 5.91 Å². The number of carbonyl (C=O) groups excluding carboxylic acids is 1. The Bertz CT molecular complexity index is 302. The SMILES string of the molecule is CCCCC(CC)C(=O)NCCC(CCC(=O)O)C(C)C. The van der Waals surface area contributed by atoms with Crippen molar-refractivity contribution < 1.29 is 14.7 Å². The number of hydrogen-bond acceptors (Lipinski definition) is 2. The molecule has 0 fully saturated rings. The molecule has 0 aromatic heterocycles. The molecule has 0 rings (SSSR count). The zero-order chi connectivity index (χ0) is 16.3. The van der Waals surface area contributed by atoms with Crippen molar-refractivity contribution in [3.63, 3.8) is 0 Å². The van der Waals surface area contributed by atoms with Crippen LogP contribution in [-0.4, -0.2) is 23.5 Å². The summed E-state index contributed by atoms with van der Waals surface area (Å²) < 4.78 is 0. The maximum atomic E-state index is 12.1. The fourth-order valence-electron chi connectivity index (χ4n) is 2.62. The number of rotatable bonds is 12. The summed E-state index contributed by atoms with van der Waals surface area (Å²) in [5.41, 5.74) is 0. The lowest BCUT2D eigenvalue weighted by Crippen LogP contribution is -2.32. The standard InChI is InChI=1S/C17H33NO3/c1-5-7-8-14(6-2)17(21)18-12-11-15(13(3)4)9-10-16(19)20/h13-15H,5-12H2,1-4H3,(H,18,21)(H,19,20). The number of nitrogens with one attached hydrogen (secondary N) is 1. The number of carboxylic acid groups (broad SMARTS) is 1. The van der Waals surface area contributed by atoms with Crippen LogP contribution >= 0.6 is 0 Å². The van der Waals surface area contributed by atoms with E-state index in [1.807, 2.05) is 0 Å². The zero-order valence-electron chi connectivity index (χ0n) is 14.2. The van der Waals surface area contributed by atoms with E-state index in [0.29, 0.717) is 24.8 Å². The van der Waals surface area contributed by atoms with E-state index < -0.39 is 5.97 Å². The third-order valence-electron chi connectivity index (χ3n) is 4.26. The van der Waals surface area contributed by atoms with Gasteiger partial charge in [0.15, 0.2) is 0 Å². The molecule has 124 valence electrons. The summed E-state index contributed by atoms with van der Waals surface area (Å²) in [5, 5.41) is 11.8. The first kappa shape index (κ1) is 19.9. The highest BCUT2D eigenvalue weighted by Crippen LogP contribution is 2.20. The molecule has 1 amide bonds. The Labute approximate surface area is 129 Å². The molecule has 0 saturated heterocycles. The van der Waals surface area contributed by atoms with Gasteiger partial charge in [-0.2, -0.15) is 0 Å². The second kappa shape index (κ2) is 11.6. The van der Waals surface area contributed by atoms with Crippen molar-refractivity contribution in [2.45, 2.75) is 72.6 Å². The van der Waals surface area contributed by atoms with Crippen molar-refractivity contribution in [2.24, 2.45) is 17.8 Å². The van der Waals surface area contributed by atoms with Gasteiger partial charge in [0, 0.05) is 18.9 Å². The number of amides is 1. The predicted molar refractivity (Wildman–Crippen MR) is 86.1 cm³/mol. The Morgan fingerprint density at radius 2 is 1.76 bits per heavy atom. The molecule has 2 N–H and O–H groups in total. The molecule has 0 aromatic carbocycles. The largest absolute Gasteiger partial charge is 0.481 e. The van der Waals surface area contributed by atoms with E-state index in [2.05, 4.69) is 33.0 Å². The van der Waals surface area contributed by atoms with Gasteiger partial charge in [-0.25, -0.2) is 0 Å². The normalized spacial score (nSPS) is 14.0. The summed E-state index contributed by atoms with van der Waals surface area (Å²) in [6.45, 7) is 9.09. The van der Waals surface area contributed by atoms with E-state index in [1.54, 1.807) is 0 Å². The van der Waals surface area contributed by atoms with Crippen molar-refractivity contribution in [2.75, 3.05) is 6.54 Å². The summed E-state index contributed by atoms with van der Waals surface area (Å²) in [6.07, 6.45) is 5.83. The smallest absolute Gasteiger partial charge is 0.303 e. The van der Waals surface area contributed by atoms with Crippen molar-refractivity contribution in [3.05, 3.63) is 0 Å². The molecule has 0 heterocycles. The molecule has 0 aliphatic carbocycles. The lowest BCUT2D eigenvalue weighted by molar-refractivity contribution is -0.137. The molecule has 0 aliphatic rings. The molecule has 0 spiro atoms. The molecule has 0 aromatic rings. The first-order valence-electron chi connectivity index (χ1n) is 8.41. The minimum Gasteiger partial charge on any atom is -0.481 e. The van der Waals surface area contributed by atoms with Crippen LogP contribution in [0.15, 0.2) is 0 Å². The lowest BCUT2D eigenvalue weighted by atomic mass is 9.88. The molecule has 0 bridgehead atoms. The highest BCUT2D eigenvalue weighted by Gasteiger charge is 2.18. The minimum atomic E-state index is -0.740. The van der Waals surface area contributed by atoms with Crippen molar-refractivity contribution in [1.29, 1.82) is 0 Å². The minimum absolute atomic E-state index is 0.126. The van der Waals surface area contributed by atoms with E-state index in [4.69, 9.17) is 5.11 Å². The monoisotopic (exact) mass is 299 g/mol. The van der Waals surface area contributed by atoms with E-state index in [-0.39, 0.29) is 18.2 Å². The number of carbonyl (C=O) groups is 2. The number of unbranched alkanes of at least 4 members (excludes halogenated alkanes) is 1. The van der Waals surface area contributed by atoms with Gasteiger partial charge in [0.05, 0.1) is 0 Å². The summed E-state index contributed by atoms with van der Waals surface area (Å²) in [7, 11) is 0. The third-order valence-corrected chi connectivity index (χ3v) is 4.26. The highest BCUT2D eigenvalue weighted by atomic mass is 16.4. The van der Waals surface area contributed by atoms with Gasteiger partial charge in [-0.3, -0.25) is 9.59 Å². The maximum absolute atomic E-state index is 12.1. The number of aliphatic carboxylic acids is 1. The zero-order valence-corrected chi connectivity index (χ0v) is 14.2. The van der Waals surface area contributed by atoms with Crippen LogP contribution in [0.4, 0.5) is 0 Å². The Morgan fingerprint density at radius 3 is 2.24 bits per heavy atom. The number of carboxylic acids is 1. The van der Waals surface area contributed by atoms with Crippen molar-refractivity contribution >= 4 is 11.9 Å². The van der Waals surface area contributed by atoms with Crippen LogP contribution in [-0.2, 0) is 9.59 Å². The Hall–Kier alpha value is -1.06. The molecule has 0 radical (unpaired) electrons. The highest BCUT2D eigenvalue weighted by molar-refractivity contribution is 5.78. The molecule has 4 heteroatoms. The fourth-order valence-corrected chi connectivity index (χ4v) is 2.62. The second-order valence-electron chi connectivity index (χ2n) is 6.26. The molecule has 2 atom stereocenters. The lowest BCUT2D eigenvalue weighted by Gasteiger charge is -2.21. The quantitative estimate of drug-likeness (QED) is 0.575. The molecule has 21 heavy (non-hydrogen) atoms. The maximum Gasteiger partial charge on any atom is 0.303 e. The Balaban J connectivity index is 4.11. The van der Waals surface area contributed by atoms with Crippen LogP contribution in [0.1, 0.15) is 72.6 Å². The van der Waals surface area contributed by atoms with Crippen LogP contribution in [0.2, 0.25) is 0 Å². The first-order chi connectivity index (χ1) is 9.92. The topological polar surface area (TPSA) is 66.4 Å². The van der Waals surface area contributed by atoms with Gasteiger partial charge >= 0.3 is 5.97 Å². The van der Waals surface area contributed by atoms with Crippen LogP contribution in [0.25, 0.3) is 0 Å². The van der Waals surface area contributed by atoms with Gasteiger partial charge in [-0.15, -0.1) is 0 Å². The van der Waals surface area contributed by atoms with E-state index in [0.717, 1.165) is 32.1 Å². The van der Waals surface area contributed by atoms with Gasteiger partial charge in [0.1, 0.15) is 0 Å². The molecule has 0 aliphatic heterocycles. The number of hydrogen-bond donors (Lipinski definition) is 2. The molecule has 4 nitrogen and oxygen atoms in total. The van der Waals surface area contributed by atoms with E-state index in [1.165, 1.54) is 0 Å². The first-order valence-corrected chi connectivity index (χ1v) is 8.41. The van der Waals surface area contributed by atoms with Gasteiger partial charge in [-0.05, 0) is 37.5 Å². The second-order valence-corrected chi connectivity index (χ2v) is 6.26. The van der Waals surface area contributed by atoms with Crippen LogP contribution in [0.5, 0.6) is 0 Å². The predicted octanol–water partition coefficient (Wildman–Crippen LogP) is 3.85. The molecule has 2 unspecified atom stereocenters. The van der Waals surface area contributed by atoms with Gasteiger partial charge < -0.3 is 10.4 Å². The Kier molecular flexibility index (Phi) is 11.0. The van der Waals surface area contributed by atoms with Crippen molar-refractivity contribution in [3.8, 4) is 0 Å². The molecular formula is C17H33NO3. The average Bonchev–Trinajstić information content (AvgIpc) is 2.42. The summed E-state index contributed by atoms with van der Waals surface area (Å²) in [5.74, 6) is 0.351. The van der Waals surface area contributed by atoms with Crippen LogP contribution in [0, 0.1) is 17.8 Å². The summed E-state index contributed by atoms with van der Waals surface area (Å²) in [4.78, 5) is 22.8.